The average molecular weight is 367 g/mol. The normalized spacial score (nSPS) is 12.7. The summed E-state index contributed by atoms with van der Waals surface area (Å²) < 4.78 is 37.8. The molecule has 0 spiro atoms. The van der Waals surface area contributed by atoms with E-state index in [2.05, 4.69) is 5.32 Å². The van der Waals surface area contributed by atoms with Gasteiger partial charge in [-0.05, 0) is 35.2 Å². The van der Waals surface area contributed by atoms with Crippen LogP contribution in [0.4, 0.5) is 13.2 Å². The number of hydrogen-bond donors (Lipinski definition) is 3. The van der Waals surface area contributed by atoms with Gasteiger partial charge in [-0.1, -0.05) is 36.4 Å². The molecule has 0 heterocycles. The van der Waals surface area contributed by atoms with Crippen molar-refractivity contribution in [2.24, 2.45) is 0 Å². The number of carbonyl (C=O) groups excluding carboxylic acids is 1. The number of aryl methyl sites for hydroxylation is 1. The standard InChI is InChI=1S/C19H20F3NO3/c20-19(21,22)16-8-6-15(7-9-16)17(12-25)23-18(26)10-5-13-1-3-14(11-24)4-2-13/h1-4,6-9,17,24-25H,5,10-12H2,(H,23,26). The summed E-state index contributed by atoms with van der Waals surface area (Å²) in [5, 5.41) is 21.1. The second-order valence-corrected chi connectivity index (χ2v) is 5.90. The molecule has 0 saturated carbocycles. The summed E-state index contributed by atoms with van der Waals surface area (Å²) in [6.07, 6.45) is -3.78. The van der Waals surface area contributed by atoms with Gasteiger partial charge in [-0.15, -0.1) is 0 Å². The highest BCUT2D eigenvalue weighted by atomic mass is 19.4. The molecule has 4 nitrogen and oxygen atoms in total. The second-order valence-electron chi connectivity index (χ2n) is 5.90. The van der Waals surface area contributed by atoms with E-state index >= 15 is 0 Å². The molecule has 1 amide bonds. The van der Waals surface area contributed by atoms with Crippen molar-refractivity contribution in [3.8, 4) is 0 Å². The zero-order valence-corrected chi connectivity index (χ0v) is 14.0. The van der Waals surface area contributed by atoms with Crippen LogP contribution in [0.2, 0.25) is 0 Å². The van der Waals surface area contributed by atoms with Crippen molar-refractivity contribution in [1.29, 1.82) is 0 Å². The van der Waals surface area contributed by atoms with E-state index in [1.165, 1.54) is 12.1 Å². The Hall–Kier alpha value is -2.38. The lowest BCUT2D eigenvalue weighted by Crippen LogP contribution is -2.31. The summed E-state index contributed by atoms with van der Waals surface area (Å²) in [6.45, 7) is -0.464. The molecule has 2 aromatic carbocycles. The zero-order chi connectivity index (χ0) is 19.2. The van der Waals surface area contributed by atoms with Gasteiger partial charge in [0.05, 0.1) is 24.8 Å². The van der Waals surface area contributed by atoms with E-state index in [0.29, 0.717) is 12.0 Å². The third kappa shape index (κ3) is 5.57. The first-order chi connectivity index (χ1) is 12.3. The Morgan fingerprint density at radius 2 is 1.54 bits per heavy atom. The molecule has 26 heavy (non-hydrogen) atoms. The van der Waals surface area contributed by atoms with Gasteiger partial charge in [0.2, 0.25) is 5.91 Å². The van der Waals surface area contributed by atoms with Crippen molar-refractivity contribution in [1.82, 2.24) is 5.32 Å². The lowest BCUT2D eigenvalue weighted by atomic mass is 10.0. The highest BCUT2D eigenvalue weighted by Gasteiger charge is 2.30. The Kier molecular flexibility index (Phi) is 6.76. The van der Waals surface area contributed by atoms with Crippen molar-refractivity contribution >= 4 is 5.91 Å². The van der Waals surface area contributed by atoms with Crippen LogP contribution >= 0.6 is 0 Å². The van der Waals surface area contributed by atoms with Crippen LogP contribution in [0.3, 0.4) is 0 Å². The maximum atomic E-state index is 12.6. The van der Waals surface area contributed by atoms with Crippen molar-refractivity contribution in [2.75, 3.05) is 6.61 Å². The van der Waals surface area contributed by atoms with Crippen LogP contribution in [0, 0.1) is 0 Å². The number of nitrogens with one attached hydrogen (secondary N) is 1. The predicted octanol–water partition coefficient (Wildman–Crippen LogP) is 2.98. The molecule has 0 aromatic heterocycles. The minimum Gasteiger partial charge on any atom is -0.394 e. The number of alkyl halides is 3. The van der Waals surface area contributed by atoms with Crippen molar-refractivity contribution in [3.05, 3.63) is 70.8 Å². The Balaban J connectivity index is 1.92. The second kappa shape index (κ2) is 8.82. The average Bonchev–Trinajstić information content (AvgIpc) is 2.64. The van der Waals surface area contributed by atoms with E-state index in [1.807, 2.05) is 12.1 Å². The Morgan fingerprint density at radius 3 is 2.04 bits per heavy atom. The monoisotopic (exact) mass is 367 g/mol. The molecule has 140 valence electrons. The van der Waals surface area contributed by atoms with Gasteiger partial charge in [0.15, 0.2) is 0 Å². The summed E-state index contributed by atoms with van der Waals surface area (Å²) in [6, 6.07) is 10.8. The maximum absolute atomic E-state index is 12.6. The molecule has 0 bridgehead atoms. The van der Waals surface area contributed by atoms with Gasteiger partial charge in [0.25, 0.3) is 0 Å². The van der Waals surface area contributed by atoms with Gasteiger partial charge in [-0.3, -0.25) is 4.79 Å². The van der Waals surface area contributed by atoms with E-state index in [4.69, 9.17) is 5.11 Å². The van der Waals surface area contributed by atoms with Crippen molar-refractivity contribution < 1.29 is 28.2 Å². The number of hydrogen-bond acceptors (Lipinski definition) is 3. The first-order valence-corrected chi connectivity index (χ1v) is 8.09. The summed E-state index contributed by atoms with van der Waals surface area (Å²) in [5.74, 6) is -0.310. The number of aliphatic hydroxyl groups excluding tert-OH is 2. The van der Waals surface area contributed by atoms with E-state index in [9.17, 15) is 23.1 Å². The topological polar surface area (TPSA) is 69.6 Å². The largest absolute Gasteiger partial charge is 0.416 e. The van der Waals surface area contributed by atoms with Gasteiger partial charge in [-0.2, -0.15) is 13.2 Å². The van der Waals surface area contributed by atoms with E-state index in [-0.39, 0.29) is 18.9 Å². The molecule has 2 aromatic rings. The first kappa shape index (κ1) is 19.9. The summed E-state index contributed by atoms with van der Waals surface area (Å²) in [7, 11) is 0. The molecule has 1 atom stereocenters. The summed E-state index contributed by atoms with van der Waals surface area (Å²) in [5.41, 5.74) is 1.32. The zero-order valence-electron chi connectivity index (χ0n) is 14.0. The molecule has 2 rings (SSSR count). The minimum absolute atomic E-state index is 0.0495. The SMILES string of the molecule is O=C(CCc1ccc(CO)cc1)NC(CO)c1ccc(C(F)(F)F)cc1. The number of carbonyl (C=O) groups is 1. The first-order valence-electron chi connectivity index (χ1n) is 8.09. The van der Waals surface area contributed by atoms with E-state index in [0.717, 1.165) is 23.3 Å². The lowest BCUT2D eigenvalue weighted by Gasteiger charge is -2.17. The third-order valence-electron chi connectivity index (χ3n) is 4.00. The molecular weight excluding hydrogens is 347 g/mol. The molecule has 3 N–H and O–H groups in total. The van der Waals surface area contributed by atoms with Crippen LogP contribution in [0.25, 0.3) is 0 Å². The Morgan fingerprint density at radius 1 is 0.962 bits per heavy atom. The van der Waals surface area contributed by atoms with Crippen molar-refractivity contribution in [2.45, 2.75) is 31.7 Å². The van der Waals surface area contributed by atoms with Gasteiger partial charge in [0, 0.05) is 6.42 Å². The number of rotatable bonds is 7. The van der Waals surface area contributed by atoms with E-state index in [1.54, 1.807) is 12.1 Å². The molecule has 0 fully saturated rings. The fourth-order valence-corrected chi connectivity index (χ4v) is 2.47. The molecule has 1 unspecified atom stereocenters. The van der Waals surface area contributed by atoms with Crippen LogP contribution in [0.15, 0.2) is 48.5 Å². The summed E-state index contributed by atoms with van der Waals surface area (Å²) in [4.78, 5) is 12.1. The van der Waals surface area contributed by atoms with Crippen molar-refractivity contribution in [3.63, 3.8) is 0 Å². The number of aliphatic hydroxyl groups is 2. The van der Waals surface area contributed by atoms with Gasteiger partial charge >= 0.3 is 6.18 Å². The summed E-state index contributed by atoms with van der Waals surface area (Å²) >= 11 is 0. The number of benzene rings is 2. The predicted molar refractivity (Wildman–Crippen MR) is 90.1 cm³/mol. The molecular formula is C19H20F3NO3. The van der Waals surface area contributed by atoms with Gasteiger partial charge in [-0.25, -0.2) is 0 Å². The number of halogens is 3. The smallest absolute Gasteiger partial charge is 0.394 e. The molecule has 0 aliphatic rings. The van der Waals surface area contributed by atoms with Crippen LogP contribution in [0.1, 0.15) is 34.7 Å². The highest BCUT2D eigenvalue weighted by molar-refractivity contribution is 5.76. The van der Waals surface area contributed by atoms with Crippen LogP contribution in [0.5, 0.6) is 0 Å². The fraction of sp³-hybridized carbons (Fsp3) is 0.316. The minimum atomic E-state index is -4.43. The third-order valence-corrected chi connectivity index (χ3v) is 4.00. The molecule has 0 aliphatic carbocycles. The Bertz CT molecular complexity index is 712. The highest BCUT2D eigenvalue weighted by Crippen LogP contribution is 2.29. The van der Waals surface area contributed by atoms with Crippen LogP contribution in [-0.4, -0.2) is 22.7 Å². The molecule has 0 radical (unpaired) electrons. The molecule has 7 heteroatoms. The van der Waals surface area contributed by atoms with Crippen LogP contribution < -0.4 is 5.32 Å². The quantitative estimate of drug-likeness (QED) is 0.705. The molecule has 0 aliphatic heterocycles. The van der Waals surface area contributed by atoms with Gasteiger partial charge < -0.3 is 15.5 Å². The maximum Gasteiger partial charge on any atom is 0.416 e. The lowest BCUT2D eigenvalue weighted by molar-refractivity contribution is -0.137. The van der Waals surface area contributed by atoms with Gasteiger partial charge in [0.1, 0.15) is 0 Å². The van der Waals surface area contributed by atoms with E-state index < -0.39 is 24.4 Å². The Labute approximate surface area is 149 Å². The molecule has 0 saturated heterocycles. The fourth-order valence-electron chi connectivity index (χ4n) is 2.47. The van der Waals surface area contributed by atoms with Crippen LogP contribution in [-0.2, 0) is 24.0 Å². The number of amides is 1.